The molecule has 0 aliphatic rings. The number of aryl methyl sites for hydroxylation is 1. The first-order valence-corrected chi connectivity index (χ1v) is 7.43. The molecule has 0 amide bonds. The monoisotopic (exact) mass is 290 g/mol. The number of benzene rings is 1. The second-order valence-electron chi connectivity index (χ2n) is 4.62. The molecular weight excluding hydrogens is 272 g/mol. The van der Waals surface area contributed by atoms with Gasteiger partial charge in [0.15, 0.2) is 0 Å². The molecule has 2 rings (SSSR count). The Bertz CT molecular complexity index is 581. The molecule has 20 heavy (non-hydrogen) atoms. The second kappa shape index (κ2) is 7.17. The van der Waals surface area contributed by atoms with Gasteiger partial charge >= 0.3 is 5.97 Å². The number of hydrogen-bond donors (Lipinski definition) is 2. The molecule has 0 aliphatic carbocycles. The molecule has 0 radical (unpaired) electrons. The van der Waals surface area contributed by atoms with E-state index in [1.807, 2.05) is 31.2 Å². The zero-order chi connectivity index (χ0) is 14.4. The Kier molecular flexibility index (Phi) is 5.26. The Hall–Kier alpha value is -1.72. The maximum absolute atomic E-state index is 10.8. The normalized spacial score (nSPS) is 10.7. The van der Waals surface area contributed by atoms with Gasteiger partial charge in [-0.1, -0.05) is 24.3 Å². The van der Waals surface area contributed by atoms with Crippen molar-refractivity contribution < 1.29 is 9.90 Å². The van der Waals surface area contributed by atoms with Crippen LogP contribution >= 0.6 is 11.3 Å². The van der Waals surface area contributed by atoms with E-state index in [2.05, 4.69) is 15.7 Å². The van der Waals surface area contributed by atoms with Gasteiger partial charge in [0.05, 0.1) is 17.1 Å². The Balaban J connectivity index is 1.83. The van der Waals surface area contributed by atoms with Crippen LogP contribution in [-0.4, -0.2) is 22.6 Å². The highest BCUT2D eigenvalue weighted by molar-refractivity contribution is 7.09. The van der Waals surface area contributed by atoms with Crippen molar-refractivity contribution in [2.75, 3.05) is 6.54 Å². The molecule has 0 saturated heterocycles. The van der Waals surface area contributed by atoms with Crippen molar-refractivity contribution in [3.8, 4) is 0 Å². The SMILES string of the molecule is Cc1nc(CCNCc2ccccc2CC(=O)O)cs1. The molecule has 0 fully saturated rings. The van der Waals surface area contributed by atoms with Crippen LogP contribution in [0, 0.1) is 6.92 Å². The molecule has 0 saturated carbocycles. The summed E-state index contributed by atoms with van der Waals surface area (Å²) in [4.78, 5) is 15.2. The maximum Gasteiger partial charge on any atom is 0.307 e. The summed E-state index contributed by atoms with van der Waals surface area (Å²) in [6.45, 7) is 3.53. The quantitative estimate of drug-likeness (QED) is 0.769. The lowest BCUT2D eigenvalue weighted by Crippen LogP contribution is -2.18. The number of thiazole rings is 1. The van der Waals surface area contributed by atoms with Crippen molar-refractivity contribution in [3.05, 3.63) is 51.5 Å². The minimum Gasteiger partial charge on any atom is -0.481 e. The van der Waals surface area contributed by atoms with Crippen LogP contribution in [0.3, 0.4) is 0 Å². The van der Waals surface area contributed by atoms with Gasteiger partial charge in [-0.25, -0.2) is 4.98 Å². The molecule has 106 valence electrons. The third kappa shape index (κ3) is 4.43. The summed E-state index contributed by atoms with van der Waals surface area (Å²) >= 11 is 1.66. The van der Waals surface area contributed by atoms with Gasteiger partial charge in [0.2, 0.25) is 0 Å². The Labute approximate surface area is 122 Å². The third-order valence-electron chi connectivity index (χ3n) is 3.00. The lowest BCUT2D eigenvalue weighted by atomic mass is 10.0. The molecule has 2 aromatic rings. The smallest absolute Gasteiger partial charge is 0.307 e. The highest BCUT2D eigenvalue weighted by atomic mass is 32.1. The number of hydrogen-bond acceptors (Lipinski definition) is 4. The van der Waals surface area contributed by atoms with Crippen LogP contribution in [0.25, 0.3) is 0 Å². The molecule has 0 atom stereocenters. The van der Waals surface area contributed by atoms with Crippen LogP contribution in [0.15, 0.2) is 29.6 Å². The fourth-order valence-corrected chi connectivity index (χ4v) is 2.68. The number of carboxylic acid groups (broad SMARTS) is 1. The average molecular weight is 290 g/mol. The van der Waals surface area contributed by atoms with E-state index in [4.69, 9.17) is 5.11 Å². The molecule has 0 aliphatic heterocycles. The number of aliphatic carboxylic acids is 1. The largest absolute Gasteiger partial charge is 0.481 e. The highest BCUT2D eigenvalue weighted by Crippen LogP contribution is 2.10. The summed E-state index contributed by atoms with van der Waals surface area (Å²) in [5.74, 6) is -0.796. The standard InChI is InChI=1S/C15H18N2O2S/c1-11-17-14(10-20-11)6-7-16-9-13-5-3-2-4-12(13)8-15(18)19/h2-5,10,16H,6-9H2,1H3,(H,18,19). The van der Waals surface area contributed by atoms with E-state index in [1.165, 1.54) is 0 Å². The fraction of sp³-hybridized carbons (Fsp3) is 0.333. The van der Waals surface area contributed by atoms with E-state index >= 15 is 0 Å². The van der Waals surface area contributed by atoms with Gasteiger partial charge in [-0.05, 0) is 18.1 Å². The zero-order valence-corrected chi connectivity index (χ0v) is 12.2. The van der Waals surface area contributed by atoms with Crippen molar-refractivity contribution in [1.29, 1.82) is 0 Å². The van der Waals surface area contributed by atoms with Crippen LogP contribution in [-0.2, 0) is 24.2 Å². The minimum atomic E-state index is -0.796. The number of carboxylic acids is 1. The molecule has 4 nitrogen and oxygen atoms in total. The summed E-state index contributed by atoms with van der Waals surface area (Å²) in [6, 6.07) is 7.65. The van der Waals surface area contributed by atoms with E-state index in [1.54, 1.807) is 11.3 Å². The van der Waals surface area contributed by atoms with E-state index in [0.29, 0.717) is 6.54 Å². The fourth-order valence-electron chi connectivity index (χ4n) is 2.03. The first-order chi connectivity index (χ1) is 9.65. The Morgan fingerprint density at radius 1 is 1.35 bits per heavy atom. The maximum atomic E-state index is 10.8. The first-order valence-electron chi connectivity index (χ1n) is 6.55. The van der Waals surface area contributed by atoms with Crippen molar-refractivity contribution in [2.24, 2.45) is 0 Å². The summed E-state index contributed by atoms with van der Waals surface area (Å²) in [7, 11) is 0. The van der Waals surface area contributed by atoms with Crippen LogP contribution in [0.4, 0.5) is 0 Å². The number of carbonyl (C=O) groups is 1. The average Bonchev–Trinajstić information content (AvgIpc) is 2.81. The summed E-state index contributed by atoms with van der Waals surface area (Å²) in [5.41, 5.74) is 3.03. The van der Waals surface area contributed by atoms with E-state index < -0.39 is 5.97 Å². The molecular formula is C15H18N2O2S. The van der Waals surface area contributed by atoms with Crippen molar-refractivity contribution in [1.82, 2.24) is 10.3 Å². The van der Waals surface area contributed by atoms with Crippen LogP contribution < -0.4 is 5.32 Å². The van der Waals surface area contributed by atoms with Crippen molar-refractivity contribution in [2.45, 2.75) is 26.3 Å². The lowest BCUT2D eigenvalue weighted by molar-refractivity contribution is -0.136. The van der Waals surface area contributed by atoms with Crippen LogP contribution in [0.2, 0.25) is 0 Å². The summed E-state index contributed by atoms with van der Waals surface area (Å²) in [6.07, 6.45) is 0.967. The van der Waals surface area contributed by atoms with E-state index in [9.17, 15) is 4.79 Å². The van der Waals surface area contributed by atoms with E-state index in [0.717, 1.165) is 34.8 Å². The topological polar surface area (TPSA) is 62.2 Å². The van der Waals surface area contributed by atoms with Crippen molar-refractivity contribution in [3.63, 3.8) is 0 Å². The van der Waals surface area contributed by atoms with Gasteiger partial charge in [-0.2, -0.15) is 0 Å². The number of aromatic nitrogens is 1. The number of nitrogens with zero attached hydrogens (tertiary/aromatic N) is 1. The predicted molar refractivity (Wildman–Crippen MR) is 80.0 cm³/mol. The molecule has 0 unspecified atom stereocenters. The van der Waals surface area contributed by atoms with Gasteiger partial charge in [0.1, 0.15) is 0 Å². The molecule has 2 N–H and O–H groups in total. The highest BCUT2D eigenvalue weighted by Gasteiger charge is 2.06. The molecule has 5 heteroatoms. The van der Waals surface area contributed by atoms with Crippen molar-refractivity contribution >= 4 is 17.3 Å². The summed E-state index contributed by atoms with van der Waals surface area (Å²) in [5, 5.41) is 15.4. The van der Waals surface area contributed by atoms with Crippen LogP contribution in [0.1, 0.15) is 21.8 Å². The zero-order valence-electron chi connectivity index (χ0n) is 11.4. The molecule has 1 heterocycles. The van der Waals surface area contributed by atoms with Gasteiger partial charge in [-0.3, -0.25) is 4.79 Å². The first kappa shape index (κ1) is 14.7. The predicted octanol–water partition coefficient (Wildman–Crippen LogP) is 2.41. The minimum absolute atomic E-state index is 0.0726. The Morgan fingerprint density at radius 2 is 2.10 bits per heavy atom. The van der Waals surface area contributed by atoms with Gasteiger partial charge in [0.25, 0.3) is 0 Å². The summed E-state index contributed by atoms with van der Waals surface area (Å²) < 4.78 is 0. The number of nitrogens with one attached hydrogen (secondary N) is 1. The molecule has 1 aromatic carbocycles. The van der Waals surface area contributed by atoms with Gasteiger partial charge in [-0.15, -0.1) is 11.3 Å². The molecule has 0 bridgehead atoms. The molecule has 1 aromatic heterocycles. The Morgan fingerprint density at radius 3 is 2.75 bits per heavy atom. The lowest BCUT2D eigenvalue weighted by Gasteiger charge is -2.08. The van der Waals surface area contributed by atoms with E-state index in [-0.39, 0.29) is 6.42 Å². The van der Waals surface area contributed by atoms with Crippen LogP contribution in [0.5, 0.6) is 0 Å². The molecule has 0 spiro atoms. The third-order valence-corrected chi connectivity index (χ3v) is 3.82. The number of rotatable bonds is 7. The van der Waals surface area contributed by atoms with Gasteiger partial charge in [0, 0.05) is 24.9 Å². The van der Waals surface area contributed by atoms with Gasteiger partial charge < -0.3 is 10.4 Å². The second-order valence-corrected chi connectivity index (χ2v) is 5.69.